The summed E-state index contributed by atoms with van der Waals surface area (Å²) in [7, 11) is 5.26. The van der Waals surface area contributed by atoms with E-state index in [1.807, 2.05) is 57.8 Å². The van der Waals surface area contributed by atoms with E-state index in [9.17, 15) is 4.79 Å². The molecule has 1 aromatic rings. The first kappa shape index (κ1) is 28.1. The standard InChI is InChI=1S/C21H36N4O4.HI/c1-8-22-19(23-12-9-13-24-20(26)29-21(2,3)4)25(5)15-16-10-11-17(27-6)14-18(16)28-7;/h10-11,14H,8-9,12-13,15H2,1-7H3,(H,22,23)(H,24,26);1H. The minimum atomic E-state index is -0.494. The molecule has 0 bridgehead atoms. The zero-order valence-electron chi connectivity index (χ0n) is 19.2. The molecule has 2 N–H and O–H groups in total. The molecule has 0 radical (unpaired) electrons. The van der Waals surface area contributed by atoms with Gasteiger partial charge in [-0.15, -0.1) is 24.0 Å². The van der Waals surface area contributed by atoms with Crippen LogP contribution in [0, 0.1) is 0 Å². The molecule has 0 spiro atoms. The number of carbonyl (C=O) groups excluding carboxylic acids is 1. The number of amides is 1. The summed E-state index contributed by atoms with van der Waals surface area (Å²) in [4.78, 5) is 18.3. The maximum absolute atomic E-state index is 11.7. The Bertz CT molecular complexity index is 677. The van der Waals surface area contributed by atoms with Crippen LogP contribution in [0.3, 0.4) is 0 Å². The molecule has 0 aliphatic rings. The number of carbonyl (C=O) groups is 1. The summed E-state index contributed by atoms with van der Waals surface area (Å²) in [6.45, 7) is 10.0. The summed E-state index contributed by atoms with van der Waals surface area (Å²) in [5.74, 6) is 2.32. The molecule has 0 saturated carbocycles. The molecule has 9 heteroatoms. The van der Waals surface area contributed by atoms with E-state index in [0.717, 1.165) is 29.6 Å². The predicted octanol–water partition coefficient (Wildman–Crippen LogP) is 3.63. The van der Waals surface area contributed by atoms with Gasteiger partial charge in [-0.25, -0.2) is 4.79 Å². The van der Waals surface area contributed by atoms with Crippen molar-refractivity contribution in [3.63, 3.8) is 0 Å². The molecule has 172 valence electrons. The topological polar surface area (TPSA) is 84.4 Å². The molecule has 8 nitrogen and oxygen atoms in total. The van der Waals surface area contributed by atoms with E-state index in [1.165, 1.54) is 0 Å². The number of methoxy groups -OCH3 is 2. The minimum absolute atomic E-state index is 0. The fourth-order valence-corrected chi connectivity index (χ4v) is 2.55. The fourth-order valence-electron chi connectivity index (χ4n) is 2.55. The average Bonchev–Trinajstić information content (AvgIpc) is 2.65. The molecular weight excluding hydrogens is 499 g/mol. The highest BCUT2D eigenvalue weighted by atomic mass is 127. The van der Waals surface area contributed by atoms with Crippen LogP contribution >= 0.6 is 24.0 Å². The van der Waals surface area contributed by atoms with Gasteiger partial charge in [0.2, 0.25) is 0 Å². The van der Waals surface area contributed by atoms with Crippen LogP contribution < -0.4 is 20.1 Å². The number of aliphatic imine (C=N–C) groups is 1. The molecule has 1 rings (SSSR count). The van der Waals surface area contributed by atoms with Crippen molar-refractivity contribution in [3.8, 4) is 11.5 Å². The maximum atomic E-state index is 11.7. The van der Waals surface area contributed by atoms with Crippen molar-refractivity contribution >= 4 is 36.0 Å². The lowest BCUT2D eigenvalue weighted by Gasteiger charge is -2.23. The van der Waals surface area contributed by atoms with E-state index in [-0.39, 0.29) is 24.0 Å². The van der Waals surface area contributed by atoms with E-state index in [0.29, 0.717) is 26.1 Å². The van der Waals surface area contributed by atoms with E-state index < -0.39 is 11.7 Å². The van der Waals surface area contributed by atoms with E-state index in [4.69, 9.17) is 14.2 Å². The molecular formula is C21H37IN4O4. The summed E-state index contributed by atoms with van der Waals surface area (Å²) in [6, 6.07) is 5.77. The van der Waals surface area contributed by atoms with Gasteiger partial charge in [-0.05, 0) is 46.2 Å². The normalized spacial score (nSPS) is 11.2. The molecule has 0 fully saturated rings. The lowest BCUT2D eigenvalue weighted by Crippen LogP contribution is -2.38. The molecule has 0 aliphatic heterocycles. The largest absolute Gasteiger partial charge is 0.497 e. The van der Waals surface area contributed by atoms with Gasteiger partial charge in [-0.2, -0.15) is 0 Å². The Morgan fingerprint density at radius 2 is 1.87 bits per heavy atom. The van der Waals surface area contributed by atoms with Crippen LogP contribution in [0.4, 0.5) is 4.79 Å². The van der Waals surface area contributed by atoms with Crippen LogP contribution in [0.25, 0.3) is 0 Å². The molecule has 1 amide bonds. The lowest BCUT2D eigenvalue weighted by atomic mass is 10.2. The van der Waals surface area contributed by atoms with Crippen LogP contribution in [-0.2, 0) is 11.3 Å². The first-order valence-corrected chi connectivity index (χ1v) is 9.87. The zero-order chi connectivity index (χ0) is 21.9. The molecule has 0 atom stereocenters. The monoisotopic (exact) mass is 536 g/mol. The van der Waals surface area contributed by atoms with Gasteiger partial charge >= 0.3 is 6.09 Å². The van der Waals surface area contributed by atoms with Crippen molar-refractivity contribution < 1.29 is 19.0 Å². The van der Waals surface area contributed by atoms with Gasteiger partial charge in [-0.3, -0.25) is 4.99 Å². The van der Waals surface area contributed by atoms with Crippen molar-refractivity contribution in [2.45, 2.75) is 46.3 Å². The lowest BCUT2D eigenvalue weighted by molar-refractivity contribution is 0.0527. The number of alkyl carbamates (subject to hydrolysis) is 1. The second-order valence-electron chi connectivity index (χ2n) is 7.55. The second-order valence-corrected chi connectivity index (χ2v) is 7.55. The number of benzene rings is 1. The Morgan fingerprint density at radius 1 is 1.17 bits per heavy atom. The van der Waals surface area contributed by atoms with Gasteiger partial charge in [0.15, 0.2) is 5.96 Å². The molecule has 30 heavy (non-hydrogen) atoms. The third kappa shape index (κ3) is 10.7. The predicted molar refractivity (Wildman–Crippen MR) is 131 cm³/mol. The molecule has 0 saturated heterocycles. The summed E-state index contributed by atoms with van der Waals surface area (Å²) >= 11 is 0. The summed E-state index contributed by atoms with van der Waals surface area (Å²) in [5.41, 5.74) is 0.541. The summed E-state index contributed by atoms with van der Waals surface area (Å²) < 4.78 is 16.0. The number of guanidine groups is 1. The fraction of sp³-hybridized carbons (Fsp3) is 0.619. The summed E-state index contributed by atoms with van der Waals surface area (Å²) in [5, 5.41) is 6.04. The van der Waals surface area contributed by atoms with Crippen molar-refractivity contribution in [1.82, 2.24) is 15.5 Å². The highest BCUT2D eigenvalue weighted by Crippen LogP contribution is 2.25. The Balaban J connectivity index is 0.00000841. The first-order chi connectivity index (χ1) is 13.7. The Hall–Kier alpha value is -1.91. The van der Waals surface area contributed by atoms with Crippen LogP contribution in [0.5, 0.6) is 11.5 Å². The number of nitrogens with one attached hydrogen (secondary N) is 2. The molecule has 0 aliphatic carbocycles. The zero-order valence-corrected chi connectivity index (χ0v) is 21.5. The number of rotatable bonds is 9. The molecule has 0 unspecified atom stereocenters. The number of nitrogens with zero attached hydrogens (tertiary/aromatic N) is 2. The van der Waals surface area contributed by atoms with E-state index in [2.05, 4.69) is 15.6 Å². The van der Waals surface area contributed by atoms with Crippen LogP contribution in [0.2, 0.25) is 0 Å². The number of ether oxygens (including phenoxy) is 3. The second kappa shape index (κ2) is 14.2. The number of hydrogen-bond donors (Lipinski definition) is 2. The third-order valence-corrected chi connectivity index (χ3v) is 3.86. The number of halogens is 1. The van der Waals surface area contributed by atoms with Crippen LogP contribution in [0.1, 0.15) is 39.7 Å². The Labute approximate surface area is 197 Å². The smallest absolute Gasteiger partial charge is 0.407 e. The Morgan fingerprint density at radius 3 is 2.43 bits per heavy atom. The van der Waals surface area contributed by atoms with Crippen LogP contribution in [0.15, 0.2) is 23.2 Å². The number of hydrogen-bond acceptors (Lipinski definition) is 5. The highest BCUT2D eigenvalue weighted by molar-refractivity contribution is 14.0. The SMILES string of the molecule is CCNC(=NCCCNC(=O)OC(C)(C)C)N(C)Cc1ccc(OC)cc1OC.I. The van der Waals surface area contributed by atoms with Gasteiger partial charge in [0.1, 0.15) is 17.1 Å². The van der Waals surface area contributed by atoms with Crippen molar-refractivity contribution in [2.75, 3.05) is 40.9 Å². The minimum Gasteiger partial charge on any atom is -0.497 e. The van der Waals surface area contributed by atoms with Crippen LogP contribution in [-0.4, -0.2) is 63.5 Å². The van der Waals surface area contributed by atoms with Gasteiger partial charge in [0.05, 0.1) is 14.2 Å². The molecule has 1 aromatic carbocycles. The Kier molecular flexibility index (Phi) is 13.3. The first-order valence-electron chi connectivity index (χ1n) is 9.87. The van der Waals surface area contributed by atoms with Gasteiger partial charge in [0.25, 0.3) is 0 Å². The quantitative estimate of drug-likeness (QED) is 0.217. The maximum Gasteiger partial charge on any atom is 0.407 e. The van der Waals surface area contributed by atoms with Crippen molar-refractivity contribution in [1.29, 1.82) is 0 Å². The van der Waals surface area contributed by atoms with E-state index in [1.54, 1.807) is 14.2 Å². The van der Waals surface area contributed by atoms with Crippen molar-refractivity contribution in [3.05, 3.63) is 23.8 Å². The average molecular weight is 536 g/mol. The van der Waals surface area contributed by atoms with Gasteiger partial charge in [-0.1, -0.05) is 0 Å². The highest BCUT2D eigenvalue weighted by Gasteiger charge is 2.15. The third-order valence-electron chi connectivity index (χ3n) is 3.86. The summed E-state index contributed by atoms with van der Waals surface area (Å²) in [6.07, 6.45) is 0.311. The van der Waals surface area contributed by atoms with E-state index >= 15 is 0 Å². The molecule has 0 aromatic heterocycles. The molecule has 0 heterocycles. The van der Waals surface area contributed by atoms with Crippen molar-refractivity contribution in [2.24, 2.45) is 4.99 Å². The van der Waals surface area contributed by atoms with Gasteiger partial charge in [0, 0.05) is 44.9 Å². The van der Waals surface area contributed by atoms with Gasteiger partial charge < -0.3 is 29.7 Å².